The summed E-state index contributed by atoms with van der Waals surface area (Å²) < 4.78 is 5.33. The molecule has 0 saturated carbocycles. The van der Waals surface area contributed by atoms with Crippen molar-refractivity contribution >= 4 is 22.7 Å². The number of ether oxygens (including phenoxy) is 1. The Bertz CT molecular complexity index is 1050. The van der Waals surface area contributed by atoms with Crippen LogP contribution in [-0.2, 0) is 24.3 Å². The molecule has 0 unspecified atom stereocenters. The molecule has 0 saturated heterocycles. The van der Waals surface area contributed by atoms with Crippen LogP contribution >= 0.6 is 0 Å². The van der Waals surface area contributed by atoms with E-state index < -0.39 is 0 Å². The molecular formula is C22H23N3O3. The largest absolute Gasteiger partial charge is 0.496 e. The molecule has 2 aromatic carbocycles. The highest BCUT2D eigenvalue weighted by Gasteiger charge is 2.22. The first-order valence-corrected chi connectivity index (χ1v) is 9.36. The number of fused-ring (bicyclic) bond motifs is 3. The van der Waals surface area contributed by atoms with Crippen LogP contribution in [0.25, 0.3) is 10.9 Å². The number of nitrogens with one attached hydrogen (secondary N) is 2. The number of para-hydroxylation sites is 1. The molecule has 0 bridgehead atoms. The summed E-state index contributed by atoms with van der Waals surface area (Å²) in [6.07, 6.45) is 0.804. The highest BCUT2D eigenvalue weighted by Crippen LogP contribution is 2.28. The molecule has 2 heterocycles. The maximum absolute atomic E-state index is 12.7. The van der Waals surface area contributed by atoms with Crippen molar-refractivity contribution in [1.29, 1.82) is 0 Å². The number of benzene rings is 2. The van der Waals surface area contributed by atoms with Gasteiger partial charge in [-0.15, -0.1) is 0 Å². The number of hydrogen-bond acceptors (Lipinski definition) is 3. The second-order valence-corrected chi connectivity index (χ2v) is 7.03. The van der Waals surface area contributed by atoms with E-state index in [1.165, 1.54) is 0 Å². The van der Waals surface area contributed by atoms with Crippen molar-refractivity contribution < 1.29 is 14.3 Å². The number of rotatable bonds is 4. The first kappa shape index (κ1) is 18.1. The fourth-order valence-electron chi connectivity index (χ4n) is 3.75. The second kappa shape index (κ2) is 7.38. The molecule has 1 aromatic heterocycles. The molecule has 2 N–H and O–H groups in total. The van der Waals surface area contributed by atoms with E-state index in [4.69, 9.17) is 4.74 Å². The highest BCUT2D eigenvalue weighted by atomic mass is 16.5. The normalized spacial score (nSPS) is 13.3. The third-order valence-corrected chi connectivity index (χ3v) is 5.31. The molecule has 144 valence electrons. The minimum atomic E-state index is -0.137. The lowest BCUT2D eigenvalue weighted by Gasteiger charge is -2.26. The number of methoxy groups -OCH3 is 1. The molecule has 3 aromatic rings. The van der Waals surface area contributed by atoms with Crippen molar-refractivity contribution in [3.05, 3.63) is 64.8 Å². The van der Waals surface area contributed by atoms with E-state index in [0.717, 1.165) is 46.4 Å². The summed E-state index contributed by atoms with van der Waals surface area (Å²) in [4.78, 5) is 29.7. The zero-order chi connectivity index (χ0) is 19.7. The van der Waals surface area contributed by atoms with E-state index in [9.17, 15) is 9.59 Å². The first-order valence-electron chi connectivity index (χ1n) is 9.36. The molecule has 0 radical (unpaired) electrons. The molecule has 6 heteroatoms. The molecule has 0 aliphatic carbocycles. The molecule has 6 nitrogen and oxygen atoms in total. The Balaban J connectivity index is 1.56. The summed E-state index contributed by atoms with van der Waals surface area (Å²) in [5.74, 6) is 0.690. The van der Waals surface area contributed by atoms with Crippen LogP contribution in [0.15, 0.2) is 42.5 Å². The van der Waals surface area contributed by atoms with Gasteiger partial charge in [-0.25, -0.2) is 0 Å². The van der Waals surface area contributed by atoms with Crippen molar-refractivity contribution in [3.8, 4) is 5.75 Å². The van der Waals surface area contributed by atoms with Crippen LogP contribution < -0.4 is 10.1 Å². The standard InChI is InChI=1S/C22H23N3O3/c1-14(26)25-10-9-20-18(13-25)17-11-15(7-8-19(17)24-20)22(27)23-12-16-5-3-4-6-21(16)28-2/h3-8,11,24H,9-10,12-13H2,1-2H3,(H,23,27). The van der Waals surface area contributed by atoms with Gasteiger partial charge in [-0.3, -0.25) is 9.59 Å². The highest BCUT2D eigenvalue weighted by molar-refractivity contribution is 5.99. The molecule has 0 spiro atoms. The Morgan fingerprint density at radius 3 is 2.82 bits per heavy atom. The van der Waals surface area contributed by atoms with Gasteiger partial charge in [0.25, 0.3) is 5.91 Å². The fraction of sp³-hybridized carbons (Fsp3) is 0.273. The number of carbonyl (C=O) groups excluding carboxylic acids is 2. The SMILES string of the molecule is COc1ccccc1CNC(=O)c1ccc2[nH]c3c(c2c1)CN(C(C)=O)CC3. The number of amides is 2. The van der Waals surface area contributed by atoms with Crippen molar-refractivity contribution in [2.24, 2.45) is 0 Å². The fourth-order valence-corrected chi connectivity index (χ4v) is 3.75. The van der Waals surface area contributed by atoms with Crippen molar-refractivity contribution in [3.63, 3.8) is 0 Å². The van der Waals surface area contributed by atoms with E-state index in [0.29, 0.717) is 18.7 Å². The van der Waals surface area contributed by atoms with E-state index >= 15 is 0 Å². The van der Waals surface area contributed by atoms with Gasteiger partial charge >= 0.3 is 0 Å². The number of H-pyrrole nitrogens is 1. The number of aromatic nitrogens is 1. The minimum absolute atomic E-state index is 0.0747. The van der Waals surface area contributed by atoms with Gasteiger partial charge in [0.15, 0.2) is 0 Å². The second-order valence-electron chi connectivity index (χ2n) is 7.03. The third kappa shape index (κ3) is 3.33. The monoisotopic (exact) mass is 377 g/mol. The molecular weight excluding hydrogens is 354 g/mol. The third-order valence-electron chi connectivity index (χ3n) is 5.31. The maximum atomic E-state index is 12.7. The lowest BCUT2D eigenvalue weighted by Crippen LogP contribution is -2.33. The topological polar surface area (TPSA) is 74.4 Å². The number of carbonyl (C=O) groups is 2. The Morgan fingerprint density at radius 1 is 1.21 bits per heavy atom. The summed E-state index contributed by atoms with van der Waals surface area (Å²) in [7, 11) is 1.62. The summed E-state index contributed by atoms with van der Waals surface area (Å²) in [6.45, 7) is 3.29. The molecule has 1 aliphatic rings. The Labute approximate surface area is 163 Å². The van der Waals surface area contributed by atoms with Gasteiger partial charge in [0.1, 0.15) is 5.75 Å². The molecule has 1 aliphatic heterocycles. The lowest BCUT2D eigenvalue weighted by atomic mass is 10.0. The van der Waals surface area contributed by atoms with Gasteiger partial charge in [-0.1, -0.05) is 18.2 Å². The number of aromatic amines is 1. The molecule has 0 atom stereocenters. The van der Waals surface area contributed by atoms with E-state index in [1.807, 2.05) is 47.4 Å². The zero-order valence-electron chi connectivity index (χ0n) is 16.0. The summed E-state index contributed by atoms with van der Waals surface area (Å²) >= 11 is 0. The summed E-state index contributed by atoms with van der Waals surface area (Å²) in [5.41, 5.74) is 4.78. The Morgan fingerprint density at radius 2 is 2.04 bits per heavy atom. The van der Waals surface area contributed by atoms with Gasteiger partial charge in [-0.2, -0.15) is 0 Å². The Kier molecular flexibility index (Phi) is 4.77. The zero-order valence-corrected chi connectivity index (χ0v) is 16.0. The lowest BCUT2D eigenvalue weighted by molar-refractivity contribution is -0.129. The number of nitrogens with zero attached hydrogens (tertiary/aromatic N) is 1. The van der Waals surface area contributed by atoms with Crippen molar-refractivity contribution in [1.82, 2.24) is 15.2 Å². The average molecular weight is 377 g/mol. The van der Waals surface area contributed by atoms with Gasteiger partial charge in [0.05, 0.1) is 7.11 Å². The van der Waals surface area contributed by atoms with E-state index in [1.54, 1.807) is 14.0 Å². The van der Waals surface area contributed by atoms with E-state index in [2.05, 4.69) is 10.3 Å². The summed E-state index contributed by atoms with van der Waals surface area (Å²) in [6, 6.07) is 13.3. The predicted molar refractivity (Wildman–Crippen MR) is 107 cm³/mol. The van der Waals surface area contributed by atoms with Gasteiger partial charge < -0.3 is 19.9 Å². The van der Waals surface area contributed by atoms with Crippen LogP contribution in [0.3, 0.4) is 0 Å². The van der Waals surface area contributed by atoms with Crippen molar-refractivity contribution in [2.75, 3.05) is 13.7 Å². The quantitative estimate of drug-likeness (QED) is 0.734. The van der Waals surface area contributed by atoms with Crippen LogP contribution in [0.4, 0.5) is 0 Å². The maximum Gasteiger partial charge on any atom is 0.251 e. The van der Waals surface area contributed by atoms with Crippen LogP contribution in [0.1, 0.15) is 34.1 Å². The van der Waals surface area contributed by atoms with Gasteiger partial charge in [-0.05, 0) is 24.3 Å². The molecule has 0 fully saturated rings. The van der Waals surface area contributed by atoms with Crippen LogP contribution in [0.2, 0.25) is 0 Å². The number of hydrogen-bond donors (Lipinski definition) is 2. The van der Waals surface area contributed by atoms with Crippen LogP contribution in [-0.4, -0.2) is 35.4 Å². The molecule has 28 heavy (non-hydrogen) atoms. The van der Waals surface area contributed by atoms with Gasteiger partial charge in [0.2, 0.25) is 5.91 Å². The molecule has 2 amide bonds. The minimum Gasteiger partial charge on any atom is -0.496 e. The Hall–Kier alpha value is -3.28. The van der Waals surface area contributed by atoms with Crippen molar-refractivity contribution in [2.45, 2.75) is 26.4 Å². The van der Waals surface area contributed by atoms with Gasteiger partial charge in [0, 0.05) is 66.3 Å². The predicted octanol–water partition coefficient (Wildman–Crippen LogP) is 3.01. The summed E-state index contributed by atoms with van der Waals surface area (Å²) in [5, 5.41) is 3.97. The van der Waals surface area contributed by atoms with E-state index in [-0.39, 0.29) is 11.8 Å². The smallest absolute Gasteiger partial charge is 0.251 e. The first-order chi connectivity index (χ1) is 13.6. The average Bonchev–Trinajstić information content (AvgIpc) is 3.09. The van der Waals surface area contributed by atoms with Crippen LogP contribution in [0.5, 0.6) is 5.75 Å². The molecule has 4 rings (SSSR count). The van der Waals surface area contributed by atoms with Crippen LogP contribution in [0, 0.1) is 0 Å².